The second kappa shape index (κ2) is 10.5. The van der Waals surface area contributed by atoms with Crippen molar-refractivity contribution in [2.45, 2.75) is 26.3 Å². The van der Waals surface area contributed by atoms with Crippen molar-refractivity contribution < 1.29 is 24.1 Å². The number of hydrogen-bond acceptors (Lipinski definition) is 9. The van der Waals surface area contributed by atoms with Crippen LogP contribution in [0.25, 0.3) is 0 Å². The maximum atomic E-state index is 11.6. The number of nitrogens with zero attached hydrogens (tertiary/aromatic N) is 3. The Morgan fingerprint density at radius 3 is 2.70 bits per heavy atom. The Kier molecular flexibility index (Phi) is 7.03. The molecule has 0 aliphatic carbocycles. The fourth-order valence-corrected chi connectivity index (χ4v) is 3.21. The SMILES string of the molecule is CCOc1nc2nc(n1)Nc1ccc(C(=O)O)c(c1)OCCCCOc1cccc(c1)CN2. The number of fused-ring (bicyclic) bond motifs is 6. The zero-order valence-electron chi connectivity index (χ0n) is 18.2. The molecule has 0 unspecified atom stereocenters. The van der Waals surface area contributed by atoms with Crippen LogP contribution in [0.2, 0.25) is 0 Å². The number of carbonyl (C=O) groups is 1. The highest BCUT2D eigenvalue weighted by Gasteiger charge is 2.14. The van der Waals surface area contributed by atoms with Gasteiger partial charge in [-0.1, -0.05) is 12.1 Å². The van der Waals surface area contributed by atoms with Crippen molar-refractivity contribution in [1.29, 1.82) is 0 Å². The van der Waals surface area contributed by atoms with Gasteiger partial charge in [-0.3, -0.25) is 0 Å². The number of rotatable bonds is 3. The molecule has 172 valence electrons. The Labute approximate surface area is 191 Å². The molecular formula is C23H25N5O5. The Morgan fingerprint density at radius 1 is 1.06 bits per heavy atom. The average molecular weight is 451 g/mol. The van der Waals surface area contributed by atoms with Crippen LogP contribution in [0.3, 0.4) is 0 Å². The van der Waals surface area contributed by atoms with Crippen LogP contribution in [0, 0.1) is 0 Å². The van der Waals surface area contributed by atoms with E-state index < -0.39 is 5.97 Å². The van der Waals surface area contributed by atoms with Crippen molar-refractivity contribution in [3.63, 3.8) is 0 Å². The van der Waals surface area contributed by atoms with E-state index >= 15 is 0 Å². The molecule has 0 spiro atoms. The van der Waals surface area contributed by atoms with Crippen LogP contribution >= 0.6 is 0 Å². The molecule has 2 heterocycles. The zero-order chi connectivity index (χ0) is 23.0. The second-order valence-corrected chi connectivity index (χ2v) is 7.24. The van der Waals surface area contributed by atoms with E-state index in [-0.39, 0.29) is 23.3 Å². The molecule has 10 nitrogen and oxygen atoms in total. The van der Waals surface area contributed by atoms with Gasteiger partial charge in [-0.2, -0.15) is 15.0 Å². The van der Waals surface area contributed by atoms with Crippen LogP contribution < -0.4 is 24.8 Å². The highest BCUT2D eigenvalue weighted by molar-refractivity contribution is 5.91. The predicted molar refractivity (Wildman–Crippen MR) is 122 cm³/mol. The Morgan fingerprint density at radius 2 is 1.88 bits per heavy atom. The van der Waals surface area contributed by atoms with Crippen molar-refractivity contribution in [1.82, 2.24) is 15.0 Å². The summed E-state index contributed by atoms with van der Waals surface area (Å²) in [4.78, 5) is 24.6. The van der Waals surface area contributed by atoms with Gasteiger partial charge in [-0.15, -0.1) is 0 Å². The quantitative estimate of drug-likeness (QED) is 0.540. The number of carboxylic acid groups (broad SMARTS) is 1. The predicted octanol–water partition coefficient (Wildman–Crippen LogP) is 3.88. The maximum Gasteiger partial charge on any atom is 0.339 e. The molecule has 0 saturated heterocycles. The highest BCUT2D eigenvalue weighted by atomic mass is 16.5. The summed E-state index contributed by atoms with van der Waals surface area (Å²) in [6.45, 7) is 3.61. The number of aromatic carboxylic acids is 1. The van der Waals surface area contributed by atoms with Gasteiger partial charge in [-0.25, -0.2) is 4.79 Å². The van der Waals surface area contributed by atoms with Crippen molar-refractivity contribution >= 4 is 23.6 Å². The van der Waals surface area contributed by atoms with Crippen molar-refractivity contribution in [2.24, 2.45) is 0 Å². The Balaban J connectivity index is 1.67. The smallest absolute Gasteiger partial charge is 0.339 e. The van der Waals surface area contributed by atoms with E-state index in [9.17, 15) is 9.90 Å². The molecule has 6 bridgehead atoms. The number of ether oxygens (including phenoxy) is 3. The summed E-state index contributed by atoms with van der Waals surface area (Å²) in [7, 11) is 0. The number of benzene rings is 2. The van der Waals surface area contributed by atoms with E-state index in [2.05, 4.69) is 25.6 Å². The molecule has 0 atom stereocenters. The molecule has 33 heavy (non-hydrogen) atoms. The van der Waals surface area contributed by atoms with Crippen LogP contribution in [-0.4, -0.2) is 45.8 Å². The lowest BCUT2D eigenvalue weighted by molar-refractivity contribution is 0.0692. The minimum Gasteiger partial charge on any atom is -0.494 e. The minimum absolute atomic E-state index is 0.0797. The van der Waals surface area contributed by atoms with E-state index in [0.29, 0.717) is 44.4 Å². The molecule has 1 aromatic heterocycles. The standard InChI is InChI=1S/C23H25N5O5/c1-2-31-23-27-21-24-14-15-6-5-7-17(12-15)32-10-3-4-11-33-19-13-16(25-22(26-21)28-23)8-9-18(19)20(29)30/h5-9,12-13H,2-4,10-11,14H2,1H3,(H,29,30)(H2,24,25,26,27,28). The summed E-state index contributed by atoms with van der Waals surface area (Å²) in [6, 6.07) is 12.7. The van der Waals surface area contributed by atoms with E-state index in [4.69, 9.17) is 14.2 Å². The van der Waals surface area contributed by atoms with Crippen molar-refractivity contribution in [2.75, 3.05) is 30.5 Å². The fourth-order valence-electron chi connectivity index (χ4n) is 3.21. The third kappa shape index (κ3) is 6.00. The summed E-state index contributed by atoms with van der Waals surface area (Å²) >= 11 is 0. The van der Waals surface area contributed by atoms with Crippen LogP contribution in [0.15, 0.2) is 42.5 Å². The Hall–Kier alpha value is -4.08. The Bertz CT molecular complexity index is 1120. The summed E-state index contributed by atoms with van der Waals surface area (Å²) < 4.78 is 17.1. The second-order valence-electron chi connectivity index (χ2n) is 7.24. The van der Waals surface area contributed by atoms with Crippen molar-refractivity contribution in [3.05, 3.63) is 53.6 Å². The molecule has 1 aliphatic rings. The largest absolute Gasteiger partial charge is 0.494 e. The van der Waals surface area contributed by atoms with Gasteiger partial charge in [0.05, 0.1) is 19.8 Å². The topological polar surface area (TPSA) is 128 Å². The molecule has 0 radical (unpaired) electrons. The lowest BCUT2D eigenvalue weighted by atomic mass is 10.2. The monoisotopic (exact) mass is 451 g/mol. The van der Waals surface area contributed by atoms with Gasteiger partial charge < -0.3 is 30.0 Å². The zero-order valence-corrected chi connectivity index (χ0v) is 18.2. The molecule has 4 rings (SSSR count). The highest BCUT2D eigenvalue weighted by Crippen LogP contribution is 2.26. The third-order valence-corrected chi connectivity index (χ3v) is 4.77. The van der Waals surface area contributed by atoms with Crippen LogP contribution in [0.5, 0.6) is 17.5 Å². The summed E-state index contributed by atoms with van der Waals surface area (Å²) in [6.07, 6.45) is 1.48. The molecular weight excluding hydrogens is 426 g/mol. The first-order valence-corrected chi connectivity index (χ1v) is 10.7. The van der Waals surface area contributed by atoms with Gasteiger partial charge in [0.15, 0.2) is 0 Å². The molecule has 0 saturated carbocycles. The van der Waals surface area contributed by atoms with E-state index in [0.717, 1.165) is 17.7 Å². The number of carboxylic acids is 1. The molecule has 0 fully saturated rings. The fraction of sp³-hybridized carbons (Fsp3) is 0.304. The average Bonchev–Trinajstić information content (AvgIpc) is 2.80. The van der Waals surface area contributed by atoms with Gasteiger partial charge in [0.2, 0.25) is 11.9 Å². The van der Waals surface area contributed by atoms with Crippen LogP contribution in [-0.2, 0) is 6.54 Å². The minimum atomic E-state index is -1.06. The number of hydrogen-bond donors (Lipinski definition) is 3. The summed E-state index contributed by atoms with van der Waals surface area (Å²) in [5, 5.41) is 15.8. The van der Waals surface area contributed by atoms with Gasteiger partial charge in [-0.05, 0) is 49.6 Å². The number of nitrogens with one attached hydrogen (secondary N) is 2. The van der Waals surface area contributed by atoms with Gasteiger partial charge in [0.25, 0.3) is 0 Å². The van der Waals surface area contributed by atoms with Gasteiger partial charge >= 0.3 is 12.0 Å². The molecule has 0 amide bonds. The molecule has 3 N–H and O–H groups in total. The lowest BCUT2D eigenvalue weighted by Crippen LogP contribution is -2.10. The number of anilines is 3. The van der Waals surface area contributed by atoms with Crippen LogP contribution in [0.1, 0.15) is 35.7 Å². The first-order valence-electron chi connectivity index (χ1n) is 10.7. The van der Waals surface area contributed by atoms with Gasteiger partial charge in [0, 0.05) is 18.3 Å². The summed E-state index contributed by atoms with van der Waals surface area (Å²) in [5.41, 5.74) is 1.67. The van der Waals surface area contributed by atoms with E-state index in [1.54, 1.807) is 12.1 Å². The van der Waals surface area contributed by atoms with E-state index in [1.165, 1.54) is 6.07 Å². The van der Waals surface area contributed by atoms with E-state index in [1.807, 2.05) is 31.2 Å². The first kappa shape index (κ1) is 22.1. The van der Waals surface area contributed by atoms with Crippen LogP contribution in [0.4, 0.5) is 17.6 Å². The lowest BCUT2D eigenvalue weighted by Gasteiger charge is -2.14. The number of aromatic nitrogens is 3. The molecule has 2 aromatic carbocycles. The molecule has 1 aliphatic heterocycles. The molecule has 3 aromatic rings. The maximum absolute atomic E-state index is 11.6. The first-order chi connectivity index (χ1) is 16.1. The van der Waals surface area contributed by atoms with Gasteiger partial charge in [0.1, 0.15) is 17.1 Å². The molecule has 10 heteroatoms. The normalized spacial score (nSPS) is 13.7. The van der Waals surface area contributed by atoms with Crippen molar-refractivity contribution in [3.8, 4) is 17.5 Å². The summed E-state index contributed by atoms with van der Waals surface area (Å²) in [5.74, 6) is 0.558. The third-order valence-electron chi connectivity index (χ3n) is 4.77.